The number of anilines is 2. The van der Waals surface area contributed by atoms with Gasteiger partial charge in [-0.25, -0.2) is 8.42 Å². The topological polar surface area (TPSA) is 75.7 Å². The third-order valence-corrected chi connectivity index (χ3v) is 7.49. The molecule has 0 radical (unpaired) electrons. The van der Waals surface area contributed by atoms with E-state index in [4.69, 9.17) is 16.3 Å². The first-order chi connectivity index (χ1) is 15.9. The number of rotatable bonds is 4. The van der Waals surface area contributed by atoms with Crippen molar-refractivity contribution in [2.24, 2.45) is 0 Å². The maximum Gasteiger partial charge on any atom is 0.267 e. The predicted molar refractivity (Wildman–Crippen MR) is 129 cm³/mol. The van der Waals surface area contributed by atoms with Crippen LogP contribution in [0.5, 0.6) is 5.75 Å². The summed E-state index contributed by atoms with van der Waals surface area (Å²) in [6.45, 7) is -0.165. The van der Waals surface area contributed by atoms with Crippen LogP contribution in [-0.2, 0) is 14.8 Å². The number of amides is 1. The highest BCUT2D eigenvalue weighted by Gasteiger charge is 2.37. The molecule has 33 heavy (non-hydrogen) atoms. The Labute approximate surface area is 196 Å². The van der Waals surface area contributed by atoms with Crippen LogP contribution >= 0.6 is 11.6 Å². The molecule has 0 spiro atoms. The van der Waals surface area contributed by atoms with Crippen LogP contribution in [0.4, 0.5) is 11.4 Å². The summed E-state index contributed by atoms with van der Waals surface area (Å²) in [5, 5.41) is 5.32. The number of para-hydroxylation sites is 2. The molecule has 166 valence electrons. The van der Waals surface area contributed by atoms with Gasteiger partial charge in [0.05, 0.1) is 17.1 Å². The summed E-state index contributed by atoms with van der Waals surface area (Å²) in [4.78, 5) is 13.2. The third kappa shape index (κ3) is 4.13. The largest absolute Gasteiger partial charge is 0.476 e. The number of carbonyl (C=O) groups excluding carboxylic acids is 1. The number of hydrogen-bond donors (Lipinski definition) is 1. The van der Waals surface area contributed by atoms with Gasteiger partial charge in [0.2, 0.25) is 0 Å². The van der Waals surface area contributed by atoms with Gasteiger partial charge in [-0.2, -0.15) is 0 Å². The van der Waals surface area contributed by atoms with E-state index in [1.165, 1.54) is 28.6 Å². The first kappa shape index (κ1) is 21.3. The van der Waals surface area contributed by atoms with Crippen LogP contribution < -0.4 is 14.4 Å². The zero-order valence-electron chi connectivity index (χ0n) is 17.3. The van der Waals surface area contributed by atoms with E-state index in [9.17, 15) is 13.2 Å². The quantitative estimate of drug-likeness (QED) is 0.443. The molecule has 1 aliphatic heterocycles. The summed E-state index contributed by atoms with van der Waals surface area (Å²) in [5.41, 5.74) is 0.982. The lowest BCUT2D eigenvalue weighted by Crippen LogP contribution is -2.48. The summed E-state index contributed by atoms with van der Waals surface area (Å²) in [5.74, 6) is -0.115. The van der Waals surface area contributed by atoms with Crippen LogP contribution in [0.25, 0.3) is 10.8 Å². The van der Waals surface area contributed by atoms with Gasteiger partial charge in [-0.3, -0.25) is 9.10 Å². The highest BCUT2D eigenvalue weighted by Crippen LogP contribution is 2.37. The molecule has 4 aromatic carbocycles. The van der Waals surface area contributed by atoms with Crippen molar-refractivity contribution in [2.75, 3.05) is 16.2 Å². The Morgan fingerprint density at radius 1 is 0.909 bits per heavy atom. The summed E-state index contributed by atoms with van der Waals surface area (Å²) < 4.78 is 34.0. The highest BCUT2D eigenvalue weighted by atomic mass is 35.5. The number of sulfonamides is 1. The van der Waals surface area contributed by atoms with Crippen molar-refractivity contribution in [3.8, 4) is 5.75 Å². The summed E-state index contributed by atoms with van der Waals surface area (Å²) >= 11 is 5.93. The standard InChI is InChI=1S/C25H19ClN2O4S/c26-19-10-13-21(14-11-19)33(30,31)28-16-24(32-23-8-4-3-7-22(23)28)25(29)27-20-12-9-17-5-1-2-6-18(17)15-20/h1-15,24H,16H2,(H,27,29). The zero-order chi connectivity index (χ0) is 23.0. The number of ether oxygens (including phenoxy) is 1. The summed E-state index contributed by atoms with van der Waals surface area (Å²) in [7, 11) is -3.95. The minimum atomic E-state index is -3.95. The van der Waals surface area contributed by atoms with Gasteiger partial charge in [-0.15, -0.1) is 0 Å². The number of benzene rings is 4. The average molecular weight is 479 g/mol. The molecule has 1 unspecified atom stereocenters. The first-order valence-corrected chi connectivity index (χ1v) is 12.1. The Morgan fingerprint density at radius 2 is 1.61 bits per heavy atom. The molecule has 5 rings (SSSR count). The molecule has 1 heterocycles. The van der Waals surface area contributed by atoms with E-state index in [0.29, 0.717) is 22.1 Å². The molecule has 1 N–H and O–H groups in total. The Balaban J connectivity index is 1.45. The zero-order valence-corrected chi connectivity index (χ0v) is 18.9. The molecule has 0 fully saturated rings. The number of nitrogens with zero attached hydrogens (tertiary/aromatic N) is 1. The van der Waals surface area contributed by atoms with E-state index in [1.54, 1.807) is 30.3 Å². The second kappa shape index (κ2) is 8.42. The van der Waals surface area contributed by atoms with Gasteiger partial charge in [0, 0.05) is 10.7 Å². The number of carbonyl (C=O) groups is 1. The lowest BCUT2D eigenvalue weighted by molar-refractivity contribution is -0.122. The van der Waals surface area contributed by atoms with Gasteiger partial charge in [-0.05, 0) is 59.3 Å². The van der Waals surface area contributed by atoms with Gasteiger partial charge in [0.25, 0.3) is 15.9 Å². The second-order valence-electron chi connectivity index (χ2n) is 7.62. The van der Waals surface area contributed by atoms with Gasteiger partial charge in [-0.1, -0.05) is 54.1 Å². The van der Waals surface area contributed by atoms with E-state index in [0.717, 1.165) is 10.8 Å². The highest BCUT2D eigenvalue weighted by molar-refractivity contribution is 7.92. The molecule has 0 aromatic heterocycles. The van der Waals surface area contributed by atoms with Crippen molar-refractivity contribution in [3.05, 3.63) is 96.0 Å². The van der Waals surface area contributed by atoms with Crippen LogP contribution in [0, 0.1) is 0 Å². The van der Waals surface area contributed by atoms with Crippen molar-refractivity contribution in [1.82, 2.24) is 0 Å². The molecule has 4 aromatic rings. The van der Waals surface area contributed by atoms with Crippen LogP contribution in [0.3, 0.4) is 0 Å². The lowest BCUT2D eigenvalue weighted by Gasteiger charge is -2.34. The van der Waals surface area contributed by atoms with Gasteiger partial charge in [0.1, 0.15) is 5.75 Å². The molecule has 1 atom stereocenters. The van der Waals surface area contributed by atoms with Crippen LogP contribution in [0.2, 0.25) is 5.02 Å². The minimum absolute atomic E-state index is 0.0808. The van der Waals surface area contributed by atoms with Gasteiger partial charge >= 0.3 is 0 Å². The van der Waals surface area contributed by atoms with Crippen LogP contribution in [0.15, 0.2) is 95.9 Å². The molecular weight excluding hydrogens is 460 g/mol. The van der Waals surface area contributed by atoms with Gasteiger partial charge < -0.3 is 10.1 Å². The molecule has 8 heteroatoms. The lowest BCUT2D eigenvalue weighted by atomic mass is 10.1. The number of fused-ring (bicyclic) bond motifs is 2. The van der Waals surface area contributed by atoms with Crippen molar-refractivity contribution in [1.29, 1.82) is 0 Å². The average Bonchev–Trinajstić information content (AvgIpc) is 2.83. The fourth-order valence-corrected chi connectivity index (χ4v) is 5.39. The maximum absolute atomic E-state index is 13.4. The monoisotopic (exact) mass is 478 g/mol. The predicted octanol–water partition coefficient (Wildman–Crippen LogP) is 5.09. The van der Waals surface area contributed by atoms with Crippen molar-refractivity contribution < 1.29 is 17.9 Å². The first-order valence-electron chi connectivity index (χ1n) is 10.3. The Hall–Kier alpha value is -3.55. The smallest absolute Gasteiger partial charge is 0.267 e. The van der Waals surface area contributed by atoms with Crippen molar-refractivity contribution >= 4 is 49.7 Å². The molecular formula is C25H19ClN2O4S. The van der Waals surface area contributed by atoms with Crippen molar-refractivity contribution in [3.63, 3.8) is 0 Å². The van der Waals surface area contributed by atoms with E-state index in [-0.39, 0.29) is 11.4 Å². The number of hydrogen-bond acceptors (Lipinski definition) is 4. The molecule has 0 saturated heterocycles. The minimum Gasteiger partial charge on any atom is -0.476 e. The maximum atomic E-state index is 13.4. The SMILES string of the molecule is O=C(Nc1ccc2ccccc2c1)C1CN(S(=O)(=O)c2ccc(Cl)cc2)c2ccccc2O1. The Kier molecular flexibility index (Phi) is 5.44. The molecule has 6 nitrogen and oxygen atoms in total. The Bertz CT molecular complexity index is 1460. The molecule has 0 saturated carbocycles. The van der Waals surface area contributed by atoms with Crippen LogP contribution in [0.1, 0.15) is 0 Å². The van der Waals surface area contributed by atoms with Crippen LogP contribution in [-0.4, -0.2) is 27.0 Å². The Morgan fingerprint density at radius 3 is 2.39 bits per heavy atom. The van der Waals surface area contributed by atoms with Gasteiger partial charge in [0.15, 0.2) is 6.10 Å². The fraction of sp³-hybridized carbons (Fsp3) is 0.0800. The molecule has 0 aliphatic carbocycles. The molecule has 1 aliphatic rings. The third-order valence-electron chi connectivity index (χ3n) is 5.45. The van der Waals surface area contributed by atoms with E-state index >= 15 is 0 Å². The summed E-state index contributed by atoms with van der Waals surface area (Å²) in [6.07, 6.45) is -1.03. The summed E-state index contributed by atoms with van der Waals surface area (Å²) in [6, 6.07) is 26.1. The normalized spacial score (nSPS) is 15.5. The fourth-order valence-electron chi connectivity index (χ4n) is 3.79. The second-order valence-corrected chi connectivity index (χ2v) is 9.91. The number of nitrogens with one attached hydrogen (secondary N) is 1. The van der Waals surface area contributed by atoms with E-state index in [1.807, 2.05) is 36.4 Å². The molecule has 0 bridgehead atoms. The van der Waals surface area contributed by atoms with E-state index < -0.39 is 22.0 Å². The molecule has 1 amide bonds. The van der Waals surface area contributed by atoms with E-state index in [2.05, 4.69) is 5.32 Å². The number of halogens is 1. The van der Waals surface area contributed by atoms with Crippen molar-refractivity contribution in [2.45, 2.75) is 11.0 Å².